The van der Waals surface area contributed by atoms with Gasteiger partial charge < -0.3 is 4.89 Å². The zero-order valence-electron chi connectivity index (χ0n) is 10.4. The molecule has 0 fully saturated rings. The highest BCUT2D eigenvalue weighted by Gasteiger charge is 1.90. The molecule has 0 saturated heterocycles. The Labute approximate surface area is 96.8 Å². The van der Waals surface area contributed by atoms with E-state index in [0.29, 0.717) is 0 Å². The van der Waals surface area contributed by atoms with E-state index < -0.39 is 8.69 Å². The van der Waals surface area contributed by atoms with Gasteiger partial charge in [0.05, 0.1) is 0 Å². The van der Waals surface area contributed by atoms with E-state index >= 15 is 0 Å². The summed E-state index contributed by atoms with van der Waals surface area (Å²) < 4.78 is 8.46. The fourth-order valence-corrected chi connectivity index (χ4v) is 1.56. The fourth-order valence-electron chi connectivity index (χ4n) is 1.56. The lowest BCUT2D eigenvalue weighted by Gasteiger charge is -1.99. The molecule has 0 unspecified atom stereocenters. The van der Waals surface area contributed by atoms with Gasteiger partial charge in [0, 0.05) is 0 Å². The van der Waals surface area contributed by atoms with Crippen molar-refractivity contribution in [2.24, 2.45) is 0 Å². The maximum Gasteiger partial charge on any atom is 0.324 e. The zero-order chi connectivity index (χ0) is 11.8. The minimum atomic E-state index is -0.833. The van der Waals surface area contributed by atoms with Crippen molar-refractivity contribution in [3.05, 3.63) is 0 Å². The molecule has 0 bridgehead atoms. The van der Waals surface area contributed by atoms with E-state index in [2.05, 4.69) is 13.8 Å². The van der Waals surface area contributed by atoms with Crippen LogP contribution in [0.4, 0.5) is 0 Å². The molecule has 0 saturated carbocycles. The van der Waals surface area contributed by atoms with E-state index in [-0.39, 0.29) is 0 Å². The third kappa shape index (κ3) is 24.9. The molecule has 92 valence electrons. The van der Waals surface area contributed by atoms with Crippen LogP contribution in [-0.4, -0.2) is 4.89 Å². The summed E-state index contributed by atoms with van der Waals surface area (Å²) in [5.74, 6) is 0. The Kier molecular flexibility index (Phi) is 22.8. The zero-order valence-corrected chi connectivity index (χ0v) is 11.3. The maximum atomic E-state index is 8.46. The lowest BCUT2D eigenvalue weighted by atomic mass is 10.1. The first-order chi connectivity index (χ1) is 7.33. The average Bonchev–Trinajstić information content (AvgIpc) is 2.23. The van der Waals surface area contributed by atoms with Gasteiger partial charge in [-0.2, -0.15) is 0 Å². The lowest BCUT2D eigenvalue weighted by Crippen LogP contribution is -1.80. The Bertz CT molecular complexity index is 97.8. The van der Waals surface area contributed by atoms with E-state index in [0.717, 1.165) is 0 Å². The van der Waals surface area contributed by atoms with E-state index in [1.165, 1.54) is 64.2 Å². The number of rotatable bonds is 9. The minimum absolute atomic E-state index is 0.833. The third-order valence-corrected chi connectivity index (χ3v) is 2.46. The van der Waals surface area contributed by atoms with Gasteiger partial charge >= 0.3 is 8.69 Å². The van der Waals surface area contributed by atoms with E-state index in [1.54, 1.807) is 0 Å². The van der Waals surface area contributed by atoms with Gasteiger partial charge in [-0.1, -0.05) is 78.1 Å². The van der Waals surface area contributed by atoms with Crippen LogP contribution < -0.4 is 0 Å². The molecular weight excluding hydrogens is 207 g/mol. The molecule has 0 aromatic heterocycles. The van der Waals surface area contributed by atoms with Gasteiger partial charge in [-0.15, -0.1) is 0 Å². The quantitative estimate of drug-likeness (QED) is 0.444. The van der Waals surface area contributed by atoms with Crippen LogP contribution in [0.15, 0.2) is 0 Å². The molecule has 3 heteroatoms. The molecule has 0 aromatic carbocycles. The smallest absolute Gasteiger partial charge is 0.310 e. The summed E-state index contributed by atoms with van der Waals surface area (Å²) in [7, 11) is -0.833. The summed E-state index contributed by atoms with van der Waals surface area (Å²) >= 11 is 0. The predicted molar refractivity (Wildman–Crippen MR) is 67.3 cm³/mol. The predicted octanol–water partition coefficient (Wildman–Crippen LogP) is 5.11. The summed E-state index contributed by atoms with van der Waals surface area (Å²) in [6.45, 7) is 4.56. The van der Waals surface area contributed by atoms with Crippen LogP contribution >= 0.6 is 8.69 Å². The molecular formula is C12H27O2P. The summed E-state index contributed by atoms with van der Waals surface area (Å²) in [5.41, 5.74) is 0. The Morgan fingerprint density at radius 2 is 0.933 bits per heavy atom. The monoisotopic (exact) mass is 234 g/mol. The van der Waals surface area contributed by atoms with Crippen LogP contribution in [0.1, 0.15) is 78.1 Å². The minimum Gasteiger partial charge on any atom is -0.310 e. The third-order valence-electron chi connectivity index (χ3n) is 2.46. The van der Waals surface area contributed by atoms with Crippen molar-refractivity contribution in [2.75, 3.05) is 0 Å². The second kappa shape index (κ2) is 19.6. The van der Waals surface area contributed by atoms with Crippen molar-refractivity contribution in [2.45, 2.75) is 78.1 Å². The Morgan fingerprint density at radius 1 is 0.733 bits per heavy atom. The van der Waals surface area contributed by atoms with Crippen molar-refractivity contribution >= 4 is 8.69 Å². The number of hydrogen-bond acceptors (Lipinski definition) is 1. The van der Waals surface area contributed by atoms with Gasteiger partial charge in [0.25, 0.3) is 0 Å². The van der Waals surface area contributed by atoms with Gasteiger partial charge in [0.2, 0.25) is 0 Å². The number of unbranched alkanes of at least 4 members (excludes halogenated alkanes) is 9. The highest BCUT2D eigenvalue weighted by Crippen LogP contribution is 2.09. The summed E-state index contributed by atoms with van der Waals surface area (Å²) in [6.07, 6.45) is 14.4. The molecule has 15 heavy (non-hydrogen) atoms. The second-order valence-electron chi connectivity index (χ2n) is 3.91. The van der Waals surface area contributed by atoms with Gasteiger partial charge in [0.1, 0.15) is 0 Å². The molecule has 0 heterocycles. The first-order valence-corrected chi connectivity index (χ1v) is 7.06. The molecule has 0 amide bonds. The molecule has 0 aliphatic rings. The summed E-state index contributed by atoms with van der Waals surface area (Å²) in [4.78, 5) is 6.99. The number of hydrogen-bond donors (Lipinski definition) is 1. The topological polar surface area (TPSA) is 37.3 Å². The highest BCUT2D eigenvalue weighted by molar-refractivity contribution is 7.16. The maximum absolute atomic E-state index is 8.46. The van der Waals surface area contributed by atoms with Crippen LogP contribution in [0.25, 0.3) is 0 Å². The van der Waals surface area contributed by atoms with Gasteiger partial charge in [-0.05, 0) is 0 Å². The first-order valence-electron chi connectivity index (χ1n) is 6.30. The SMILES string of the molecule is CCCCCCCCCCCC.O=PO. The Balaban J connectivity index is 0. The molecule has 0 spiro atoms. The van der Waals surface area contributed by atoms with E-state index in [4.69, 9.17) is 9.46 Å². The van der Waals surface area contributed by atoms with Crippen LogP contribution in [0.2, 0.25) is 0 Å². The normalized spacial score (nSPS) is 9.80. The van der Waals surface area contributed by atoms with Crippen LogP contribution in [0.3, 0.4) is 0 Å². The molecule has 0 atom stereocenters. The van der Waals surface area contributed by atoms with Crippen molar-refractivity contribution in [1.82, 2.24) is 0 Å². The lowest BCUT2D eigenvalue weighted by molar-refractivity contribution is 0.524. The molecule has 1 N–H and O–H groups in total. The summed E-state index contributed by atoms with van der Waals surface area (Å²) in [5, 5.41) is 0. The van der Waals surface area contributed by atoms with Gasteiger partial charge in [0.15, 0.2) is 0 Å². The standard InChI is InChI=1S/C12H26.HO2P/c1-3-5-7-9-11-12-10-8-6-4-2;1-3-2/h3-12H2,1-2H3;(H,1,2). The molecule has 0 aromatic rings. The fraction of sp³-hybridized carbons (Fsp3) is 1.00. The van der Waals surface area contributed by atoms with Crippen molar-refractivity contribution < 1.29 is 9.46 Å². The molecule has 0 aliphatic heterocycles. The van der Waals surface area contributed by atoms with Gasteiger partial charge in [-0.3, -0.25) is 0 Å². The molecule has 0 aliphatic carbocycles. The highest BCUT2D eigenvalue weighted by atomic mass is 31.1. The molecule has 2 nitrogen and oxygen atoms in total. The molecule has 0 rings (SSSR count). The second-order valence-corrected chi connectivity index (χ2v) is 4.07. The van der Waals surface area contributed by atoms with Crippen LogP contribution in [-0.2, 0) is 4.57 Å². The Morgan fingerprint density at radius 3 is 1.13 bits per heavy atom. The average molecular weight is 234 g/mol. The first kappa shape index (κ1) is 17.5. The van der Waals surface area contributed by atoms with Crippen LogP contribution in [0.5, 0.6) is 0 Å². The molecule has 0 radical (unpaired) electrons. The van der Waals surface area contributed by atoms with Crippen molar-refractivity contribution in [3.8, 4) is 0 Å². The van der Waals surface area contributed by atoms with Crippen LogP contribution in [0, 0.1) is 0 Å². The van der Waals surface area contributed by atoms with Crippen molar-refractivity contribution in [3.63, 3.8) is 0 Å². The largest absolute Gasteiger partial charge is 0.324 e. The van der Waals surface area contributed by atoms with Gasteiger partial charge in [-0.25, -0.2) is 4.57 Å². The van der Waals surface area contributed by atoms with E-state index in [1.807, 2.05) is 0 Å². The Hall–Kier alpha value is 0.0600. The summed E-state index contributed by atoms with van der Waals surface area (Å²) in [6, 6.07) is 0. The van der Waals surface area contributed by atoms with Crippen molar-refractivity contribution in [1.29, 1.82) is 0 Å². The van der Waals surface area contributed by atoms with E-state index in [9.17, 15) is 0 Å².